The summed E-state index contributed by atoms with van der Waals surface area (Å²) in [4.78, 5) is 16.1. The molecular formula is C16H32N2O3. The van der Waals surface area contributed by atoms with Gasteiger partial charge in [-0.15, -0.1) is 0 Å². The molecule has 21 heavy (non-hydrogen) atoms. The van der Waals surface area contributed by atoms with Gasteiger partial charge in [-0.2, -0.15) is 0 Å². The number of hydrogen-bond donors (Lipinski definition) is 0. The highest BCUT2D eigenvalue weighted by atomic mass is 16.5. The van der Waals surface area contributed by atoms with E-state index >= 15 is 0 Å². The first-order chi connectivity index (χ1) is 9.82. The highest BCUT2D eigenvalue weighted by molar-refractivity contribution is 5.69. The molecule has 0 aromatic heterocycles. The molecule has 0 amide bonds. The molecule has 0 saturated carbocycles. The van der Waals surface area contributed by atoms with Crippen LogP contribution >= 0.6 is 0 Å². The number of hydrogen-bond acceptors (Lipinski definition) is 5. The first-order valence-corrected chi connectivity index (χ1v) is 7.88. The number of methoxy groups -OCH3 is 1. The molecule has 5 nitrogen and oxygen atoms in total. The molecule has 1 atom stereocenters. The van der Waals surface area contributed by atoms with Crippen molar-refractivity contribution < 1.29 is 14.3 Å². The zero-order chi connectivity index (χ0) is 15.9. The van der Waals surface area contributed by atoms with E-state index < -0.39 is 0 Å². The molecule has 1 aliphatic rings. The van der Waals surface area contributed by atoms with Gasteiger partial charge in [-0.05, 0) is 18.4 Å². The molecule has 0 radical (unpaired) electrons. The predicted octanol–water partition coefficient (Wildman–Crippen LogP) is 1.48. The van der Waals surface area contributed by atoms with Gasteiger partial charge in [0.15, 0.2) is 0 Å². The lowest BCUT2D eigenvalue weighted by Gasteiger charge is -2.37. The first kappa shape index (κ1) is 18.4. The smallest absolute Gasteiger partial charge is 0.305 e. The van der Waals surface area contributed by atoms with Crippen molar-refractivity contribution >= 4 is 5.97 Å². The van der Waals surface area contributed by atoms with Gasteiger partial charge in [-0.3, -0.25) is 9.69 Å². The minimum absolute atomic E-state index is 0.122. The summed E-state index contributed by atoms with van der Waals surface area (Å²) in [6, 6.07) is 0. The van der Waals surface area contributed by atoms with Crippen LogP contribution in [0.15, 0.2) is 0 Å². The maximum atomic E-state index is 11.3. The van der Waals surface area contributed by atoms with Gasteiger partial charge < -0.3 is 14.4 Å². The average Bonchev–Trinajstić information content (AvgIpc) is 2.37. The summed E-state index contributed by atoms with van der Waals surface area (Å²) in [6.07, 6.45) is 0.491. The van der Waals surface area contributed by atoms with Crippen LogP contribution in [0.3, 0.4) is 0 Å². The van der Waals surface area contributed by atoms with E-state index in [9.17, 15) is 4.79 Å². The summed E-state index contributed by atoms with van der Waals surface area (Å²) in [7, 11) is 3.58. The number of carbonyl (C=O) groups excluding carboxylic acids is 1. The van der Waals surface area contributed by atoms with Crippen molar-refractivity contribution in [2.24, 2.45) is 11.3 Å². The maximum absolute atomic E-state index is 11.3. The number of nitrogens with zero attached hydrogens (tertiary/aromatic N) is 2. The van der Waals surface area contributed by atoms with Crippen LogP contribution in [0.25, 0.3) is 0 Å². The van der Waals surface area contributed by atoms with E-state index in [0.717, 1.165) is 45.9 Å². The Balaban J connectivity index is 2.33. The van der Waals surface area contributed by atoms with E-state index in [2.05, 4.69) is 37.6 Å². The summed E-state index contributed by atoms with van der Waals surface area (Å²) in [5.74, 6) is 0.199. The molecule has 1 heterocycles. The highest BCUT2D eigenvalue weighted by Crippen LogP contribution is 2.20. The van der Waals surface area contributed by atoms with E-state index in [4.69, 9.17) is 9.47 Å². The third-order valence-corrected chi connectivity index (χ3v) is 3.82. The van der Waals surface area contributed by atoms with Crippen molar-refractivity contribution in [2.75, 3.05) is 60.1 Å². The fourth-order valence-corrected chi connectivity index (χ4v) is 3.17. The molecule has 1 fully saturated rings. The first-order valence-electron chi connectivity index (χ1n) is 7.88. The molecule has 0 spiro atoms. The van der Waals surface area contributed by atoms with Gasteiger partial charge in [0.05, 0.1) is 20.3 Å². The van der Waals surface area contributed by atoms with Gasteiger partial charge in [-0.1, -0.05) is 20.8 Å². The number of ether oxygens (including phenoxy) is 2. The quantitative estimate of drug-likeness (QED) is 0.635. The molecule has 1 saturated heterocycles. The Morgan fingerprint density at radius 3 is 2.57 bits per heavy atom. The Bertz CT molecular complexity index is 315. The molecule has 1 rings (SSSR count). The molecule has 0 N–H and O–H groups in total. The summed E-state index contributed by atoms with van der Waals surface area (Å²) < 4.78 is 10.1. The van der Waals surface area contributed by atoms with E-state index in [0.29, 0.717) is 12.3 Å². The molecule has 1 aliphatic heterocycles. The monoisotopic (exact) mass is 300 g/mol. The zero-order valence-electron chi connectivity index (χ0n) is 14.4. The second-order valence-corrected chi connectivity index (χ2v) is 7.13. The fraction of sp³-hybridized carbons (Fsp3) is 0.938. The van der Waals surface area contributed by atoms with Crippen molar-refractivity contribution in [2.45, 2.75) is 27.2 Å². The Labute approximate surface area is 129 Å². The second-order valence-electron chi connectivity index (χ2n) is 7.13. The minimum atomic E-state index is -0.122. The predicted molar refractivity (Wildman–Crippen MR) is 84.3 cm³/mol. The van der Waals surface area contributed by atoms with Crippen LogP contribution in [0.2, 0.25) is 0 Å². The molecule has 0 aromatic carbocycles. The number of carbonyl (C=O) groups is 1. The van der Waals surface area contributed by atoms with Crippen LogP contribution < -0.4 is 0 Å². The Morgan fingerprint density at radius 2 is 2.00 bits per heavy atom. The van der Waals surface area contributed by atoms with E-state index in [-0.39, 0.29) is 11.4 Å². The largest absolute Gasteiger partial charge is 0.469 e. The van der Waals surface area contributed by atoms with Gasteiger partial charge in [0.2, 0.25) is 0 Å². The third-order valence-electron chi connectivity index (χ3n) is 3.82. The lowest BCUT2D eigenvalue weighted by atomic mass is 9.91. The molecule has 124 valence electrons. The topological polar surface area (TPSA) is 42.0 Å². The SMILES string of the molecule is COC(=O)CC(C)CN(C)CC(C)(C)CN1CCOCC1. The van der Waals surface area contributed by atoms with Gasteiger partial charge >= 0.3 is 5.97 Å². The summed E-state index contributed by atoms with van der Waals surface area (Å²) in [6.45, 7) is 13.5. The maximum Gasteiger partial charge on any atom is 0.305 e. The molecule has 5 heteroatoms. The lowest BCUT2D eigenvalue weighted by molar-refractivity contribution is -0.141. The van der Waals surface area contributed by atoms with Crippen LogP contribution in [0.5, 0.6) is 0 Å². The molecule has 0 aromatic rings. The Kier molecular flexibility index (Phi) is 7.63. The second kappa shape index (κ2) is 8.71. The summed E-state index contributed by atoms with van der Waals surface area (Å²) in [5, 5.41) is 0. The van der Waals surface area contributed by atoms with Crippen molar-refractivity contribution in [1.29, 1.82) is 0 Å². The van der Waals surface area contributed by atoms with Crippen molar-refractivity contribution in [1.82, 2.24) is 9.80 Å². The Morgan fingerprint density at radius 1 is 1.38 bits per heavy atom. The van der Waals surface area contributed by atoms with Crippen LogP contribution in [0.1, 0.15) is 27.2 Å². The lowest BCUT2D eigenvalue weighted by Crippen LogP contribution is -2.46. The van der Waals surface area contributed by atoms with Gasteiger partial charge in [0.1, 0.15) is 0 Å². The van der Waals surface area contributed by atoms with Crippen molar-refractivity contribution in [3.8, 4) is 0 Å². The van der Waals surface area contributed by atoms with E-state index in [1.165, 1.54) is 7.11 Å². The zero-order valence-corrected chi connectivity index (χ0v) is 14.4. The molecular weight excluding hydrogens is 268 g/mol. The van der Waals surface area contributed by atoms with Crippen LogP contribution in [0.4, 0.5) is 0 Å². The van der Waals surface area contributed by atoms with E-state index in [1.807, 2.05) is 0 Å². The average molecular weight is 300 g/mol. The molecule has 1 unspecified atom stereocenters. The van der Waals surface area contributed by atoms with E-state index in [1.54, 1.807) is 0 Å². The van der Waals surface area contributed by atoms with Crippen LogP contribution in [-0.4, -0.2) is 75.9 Å². The number of esters is 1. The summed E-state index contributed by atoms with van der Waals surface area (Å²) in [5.41, 5.74) is 0.233. The highest BCUT2D eigenvalue weighted by Gasteiger charge is 2.25. The number of morpholine rings is 1. The molecule has 0 aliphatic carbocycles. The molecule has 0 bridgehead atoms. The minimum Gasteiger partial charge on any atom is -0.469 e. The Hall–Kier alpha value is -0.650. The number of rotatable bonds is 8. The van der Waals surface area contributed by atoms with Crippen molar-refractivity contribution in [3.05, 3.63) is 0 Å². The third kappa shape index (κ3) is 7.79. The van der Waals surface area contributed by atoms with Gasteiger partial charge in [0.25, 0.3) is 0 Å². The normalized spacial score (nSPS) is 18.8. The van der Waals surface area contributed by atoms with Gasteiger partial charge in [0, 0.05) is 39.1 Å². The van der Waals surface area contributed by atoms with Gasteiger partial charge in [-0.25, -0.2) is 0 Å². The standard InChI is InChI=1S/C16H32N2O3/c1-14(10-15(19)20-5)11-17(4)12-16(2,3)13-18-6-8-21-9-7-18/h14H,6-13H2,1-5H3. The van der Waals surface area contributed by atoms with Crippen LogP contribution in [-0.2, 0) is 14.3 Å². The summed E-state index contributed by atoms with van der Waals surface area (Å²) >= 11 is 0. The van der Waals surface area contributed by atoms with Crippen LogP contribution in [0, 0.1) is 11.3 Å². The fourth-order valence-electron chi connectivity index (χ4n) is 3.17. The van der Waals surface area contributed by atoms with Crippen molar-refractivity contribution in [3.63, 3.8) is 0 Å².